The average Bonchev–Trinajstić information content (AvgIpc) is 3.46. The van der Waals surface area contributed by atoms with Crippen LogP contribution in [-0.4, -0.2) is 47.9 Å². The molecule has 4 rings (SSSR count). The summed E-state index contributed by atoms with van der Waals surface area (Å²) >= 11 is 0. The third-order valence-corrected chi connectivity index (χ3v) is 7.53. The summed E-state index contributed by atoms with van der Waals surface area (Å²) in [7, 11) is 0. The van der Waals surface area contributed by atoms with Gasteiger partial charge in [-0.05, 0) is 47.7 Å². The Bertz CT molecular complexity index is 1300. The minimum absolute atomic E-state index is 0.159. The zero-order valence-corrected chi connectivity index (χ0v) is 23.8. The molecule has 0 saturated carbocycles. The second-order valence-electron chi connectivity index (χ2n) is 10.3. The Hall–Kier alpha value is -4.17. The van der Waals surface area contributed by atoms with Crippen molar-refractivity contribution in [1.29, 1.82) is 0 Å². The molecule has 216 valence electrons. The molecule has 8 nitrogen and oxygen atoms in total. The molecule has 3 aromatic rings. The Morgan fingerprint density at radius 2 is 1.59 bits per heavy atom. The van der Waals surface area contributed by atoms with Crippen LogP contribution in [-0.2, 0) is 33.9 Å². The monoisotopic (exact) mass is 556 g/mol. The summed E-state index contributed by atoms with van der Waals surface area (Å²) in [5, 5.41) is 5.97. The molecule has 4 N–H and O–H groups in total. The second kappa shape index (κ2) is 14.5. The van der Waals surface area contributed by atoms with E-state index in [-0.39, 0.29) is 30.1 Å². The number of hydrogen-bond acceptors (Lipinski definition) is 5. The number of hydrogen-bond donors (Lipinski definition) is 3. The highest BCUT2D eigenvalue weighted by Gasteiger charge is 2.44. The van der Waals surface area contributed by atoms with E-state index in [1.807, 2.05) is 85.8 Å². The van der Waals surface area contributed by atoms with E-state index in [1.54, 1.807) is 11.8 Å². The highest BCUT2D eigenvalue weighted by Crippen LogP contribution is 2.34. The van der Waals surface area contributed by atoms with E-state index in [0.29, 0.717) is 39.1 Å². The molecule has 1 aliphatic heterocycles. The van der Waals surface area contributed by atoms with Crippen molar-refractivity contribution in [2.75, 3.05) is 13.2 Å². The maximum Gasteiger partial charge on any atom is 0.246 e. The number of rotatable bonds is 12. The summed E-state index contributed by atoms with van der Waals surface area (Å²) in [5.41, 5.74) is 9.58. The summed E-state index contributed by atoms with van der Waals surface area (Å²) in [5.74, 6) is -0.0973. The van der Waals surface area contributed by atoms with Crippen LogP contribution in [0.5, 0.6) is 5.75 Å². The average molecular weight is 557 g/mol. The molecule has 0 aliphatic carbocycles. The molecule has 8 heteroatoms. The number of carbonyl (C=O) groups excluding carboxylic acids is 3. The van der Waals surface area contributed by atoms with E-state index in [9.17, 15) is 14.4 Å². The highest BCUT2D eigenvalue weighted by molar-refractivity contribution is 5.93. The van der Waals surface area contributed by atoms with E-state index >= 15 is 0 Å². The zero-order valence-electron chi connectivity index (χ0n) is 23.8. The number of nitrogens with two attached hydrogens (primary N) is 1. The number of ether oxygens (including phenoxy) is 1. The molecule has 1 unspecified atom stereocenters. The van der Waals surface area contributed by atoms with Gasteiger partial charge in [0.15, 0.2) is 0 Å². The highest BCUT2D eigenvalue weighted by atomic mass is 16.5. The lowest BCUT2D eigenvalue weighted by atomic mass is 9.91. The van der Waals surface area contributed by atoms with Gasteiger partial charge < -0.3 is 26.0 Å². The first kappa shape index (κ1) is 29.8. The lowest BCUT2D eigenvalue weighted by molar-refractivity contribution is -0.141. The predicted molar refractivity (Wildman–Crippen MR) is 159 cm³/mol. The minimum atomic E-state index is -0.797. The van der Waals surface area contributed by atoms with Crippen LogP contribution in [0.3, 0.4) is 0 Å². The normalized spacial score (nSPS) is 17.1. The summed E-state index contributed by atoms with van der Waals surface area (Å²) in [6.07, 6.45) is 1.22. The second-order valence-corrected chi connectivity index (χ2v) is 10.3. The van der Waals surface area contributed by atoms with Crippen LogP contribution in [0.1, 0.15) is 54.9 Å². The molecule has 1 aliphatic rings. The van der Waals surface area contributed by atoms with Gasteiger partial charge >= 0.3 is 0 Å². The molecule has 0 bridgehead atoms. The summed E-state index contributed by atoms with van der Waals surface area (Å²) < 4.78 is 5.54. The van der Waals surface area contributed by atoms with Crippen LogP contribution in [0.4, 0.5) is 0 Å². The standard InChI is InChI=1S/C33H40N4O4/c1-3-30(38)36-29(20-23-14-16-27(17-15-23)41-4-2)33(40)37-19-18-28(26-8-6-5-7-9-26)31(37)32(39)35-22-25-12-10-24(21-34)11-13-25/h5-17,28-29,31H,3-4,18-22,34H2,1-2H3,(H,35,39)(H,36,38)/t28-,29?,31+/m1/s1. The fourth-order valence-electron chi connectivity index (χ4n) is 5.32. The molecule has 3 amide bonds. The van der Waals surface area contributed by atoms with Crippen molar-refractivity contribution >= 4 is 17.7 Å². The van der Waals surface area contributed by atoms with Gasteiger partial charge in [0.25, 0.3) is 0 Å². The van der Waals surface area contributed by atoms with Crippen LogP contribution in [0.25, 0.3) is 0 Å². The first-order valence-electron chi connectivity index (χ1n) is 14.4. The van der Waals surface area contributed by atoms with Gasteiger partial charge in [-0.25, -0.2) is 0 Å². The number of likely N-dealkylation sites (tertiary alicyclic amines) is 1. The molecule has 1 saturated heterocycles. The molecule has 3 atom stereocenters. The van der Waals surface area contributed by atoms with Crippen molar-refractivity contribution in [1.82, 2.24) is 15.5 Å². The Kier molecular flexibility index (Phi) is 10.5. The first-order chi connectivity index (χ1) is 19.9. The van der Waals surface area contributed by atoms with Gasteiger partial charge in [-0.2, -0.15) is 0 Å². The maximum atomic E-state index is 14.1. The molecule has 1 fully saturated rings. The molecule has 1 heterocycles. The van der Waals surface area contributed by atoms with Crippen molar-refractivity contribution in [2.24, 2.45) is 5.73 Å². The minimum Gasteiger partial charge on any atom is -0.494 e. The Balaban J connectivity index is 1.57. The van der Waals surface area contributed by atoms with Crippen molar-refractivity contribution < 1.29 is 19.1 Å². The largest absolute Gasteiger partial charge is 0.494 e. The number of carbonyl (C=O) groups is 3. The first-order valence-corrected chi connectivity index (χ1v) is 14.4. The summed E-state index contributed by atoms with van der Waals surface area (Å²) in [6.45, 7) is 5.45. The molecule has 3 aromatic carbocycles. The molecule has 41 heavy (non-hydrogen) atoms. The fourth-order valence-corrected chi connectivity index (χ4v) is 5.32. The number of nitrogens with one attached hydrogen (secondary N) is 2. The van der Waals surface area contributed by atoms with Gasteiger partial charge in [0.1, 0.15) is 17.8 Å². The van der Waals surface area contributed by atoms with Crippen molar-refractivity contribution in [2.45, 2.75) is 64.2 Å². The lowest BCUT2D eigenvalue weighted by Crippen LogP contribution is -2.55. The fraction of sp³-hybridized carbons (Fsp3) is 0.364. The SMILES string of the molecule is CCOc1ccc(CC(NC(=O)CC)C(=O)N2CC[C@H](c3ccccc3)[C@H]2C(=O)NCc2ccc(CN)cc2)cc1. The van der Waals surface area contributed by atoms with Gasteiger partial charge in [-0.3, -0.25) is 14.4 Å². The Labute approximate surface area is 242 Å². The molecular weight excluding hydrogens is 516 g/mol. The van der Waals surface area contributed by atoms with Gasteiger partial charge in [0, 0.05) is 38.4 Å². The van der Waals surface area contributed by atoms with E-state index < -0.39 is 12.1 Å². The maximum absolute atomic E-state index is 14.1. The van der Waals surface area contributed by atoms with E-state index in [2.05, 4.69) is 10.6 Å². The van der Waals surface area contributed by atoms with Crippen LogP contribution < -0.4 is 21.1 Å². The smallest absolute Gasteiger partial charge is 0.246 e. The van der Waals surface area contributed by atoms with Crippen molar-refractivity contribution in [3.05, 3.63) is 101 Å². The number of nitrogens with zero attached hydrogens (tertiary/aromatic N) is 1. The zero-order chi connectivity index (χ0) is 29.2. The topological polar surface area (TPSA) is 114 Å². The molecular formula is C33H40N4O4. The van der Waals surface area contributed by atoms with Gasteiger partial charge in [0.2, 0.25) is 17.7 Å². The molecule has 0 radical (unpaired) electrons. The van der Waals surface area contributed by atoms with Crippen LogP contribution in [0.2, 0.25) is 0 Å². The van der Waals surface area contributed by atoms with Crippen LogP contribution >= 0.6 is 0 Å². The summed E-state index contributed by atoms with van der Waals surface area (Å²) in [6, 6.07) is 23.7. The van der Waals surface area contributed by atoms with E-state index in [1.165, 1.54) is 0 Å². The Morgan fingerprint density at radius 1 is 0.927 bits per heavy atom. The third-order valence-electron chi connectivity index (χ3n) is 7.53. The molecule has 0 spiro atoms. The number of benzene rings is 3. The summed E-state index contributed by atoms with van der Waals surface area (Å²) in [4.78, 5) is 42.0. The number of amides is 3. The lowest BCUT2D eigenvalue weighted by Gasteiger charge is -2.31. The predicted octanol–water partition coefficient (Wildman–Crippen LogP) is 3.68. The van der Waals surface area contributed by atoms with E-state index in [0.717, 1.165) is 28.0 Å². The quantitative estimate of drug-likeness (QED) is 0.315. The van der Waals surface area contributed by atoms with Crippen LogP contribution in [0.15, 0.2) is 78.9 Å². The third kappa shape index (κ3) is 7.73. The van der Waals surface area contributed by atoms with Crippen molar-refractivity contribution in [3.8, 4) is 5.75 Å². The van der Waals surface area contributed by atoms with Gasteiger partial charge in [-0.1, -0.05) is 73.7 Å². The van der Waals surface area contributed by atoms with Crippen LogP contribution in [0, 0.1) is 0 Å². The van der Waals surface area contributed by atoms with Crippen molar-refractivity contribution in [3.63, 3.8) is 0 Å². The van der Waals surface area contributed by atoms with E-state index in [4.69, 9.17) is 10.5 Å². The van der Waals surface area contributed by atoms with Gasteiger partial charge in [0.05, 0.1) is 6.61 Å². The molecule has 0 aromatic heterocycles. The van der Waals surface area contributed by atoms with Gasteiger partial charge in [-0.15, -0.1) is 0 Å². The Morgan fingerprint density at radius 3 is 2.22 bits per heavy atom.